The molecule has 0 spiro atoms. The average molecular weight is 263 g/mol. The third kappa shape index (κ3) is 3.15. The third-order valence-corrected chi connectivity index (χ3v) is 2.86. The molecule has 1 heterocycles. The molecule has 0 saturated carbocycles. The summed E-state index contributed by atoms with van der Waals surface area (Å²) < 4.78 is 5.04. The number of ether oxygens (including phenoxy) is 1. The van der Waals surface area contributed by atoms with Gasteiger partial charge in [0.05, 0.1) is 18.2 Å². The van der Waals surface area contributed by atoms with Crippen molar-refractivity contribution in [3.8, 4) is 0 Å². The number of hydrogen-bond acceptors (Lipinski definition) is 4. The number of carbonyl (C=O) groups is 2. The molecule has 0 bridgehead atoms. The summed E-state index contributed by atoms with van der Waals surface area (Å²) in [5.74, 6) is -0.473. The SMILES string of the molecule is CN(C)C(=O)OCC1CN(c2ccccc2)NC1=O. The van der Waals surface area contributed by atoms with E-state index in [0.29, 0.717) is 6.54 Å². The molecule has 2 amide bonds. The fraction of sp³-hybridized carbons (Fsp3) is 0.385. The van der Waals surface area contributed by atoms with E-state index in [-0.39, 0.29) is 18.4 Å². The van der Waals surface area contributed by atoms with Gasteiger partial charge in [-0.1, -0.05) is 18.2 Å². The molecule has 2 rings (SSSR count). The van der Waals surface area contributed by atoms with Gasteiger partial charge in [-0.3, -0.25) is 15.2 Å². The van der Waals surface area contributed by atoms with Gasteiger partial charge in [-0.2, -0.15) is 0 Å². The maximum atomic E-state index is 11.8. The Morgan fingerprint density at radius 1 is 1.42 bits per heavy atom. The second-order valence-electron chi connectivity index (χ2n) is 4.59. The summed E-state index contributed by atoms with van der Waals surface area (Å²) in [4.78, 5) is 24.4. The zero-order valence-electron chi connectivity index (χ0n) is 11.0. The minimum Gasteiger partial charge on any atom is -0.449 e. The van der Waals surface area contributed by atoms with Gasteiger partial charge in [-0.15, -0.1) is 0 Å². The highest BCUT2D eigenvalue weighted by Crippen LogP contribution is 2.18. The van der Waals surface area contributed by atoms with Crippen LogP contribution in [0.3, 0.4) is 0 Å². The van der Waals surface area contributed by atoms with Gasteiger partial charge in [-0.25, -0.2) is 4.79 Å². The molecular weight excluding hydrogens is 246 g/mol. The van der Waals surface area contributed by atoms with E-state index in [1.165, 1.54) is 4.90 Å². The van der Waals surface area contributed by atoms with Gasteiger partial charge >= 0.3 is 6.09 Å². The summed E-state index contributed by atoms with van der Waals surface area (Å²) in [6, 6.07) is 9.54. The van der Waals surface area contributed by atoms with E-state index in [1.807, 2.05) is 30.3 Å². The van der Waals surface area contributed by atoms with E-state index < -0.39 is 6.09 Å². The summed E-state index contributed by atoms with van der Waals surface area (Å²) >= 11 is 0. The molecule has 19 heavy (non-hydrogen) atoms. The molecule has 1 aliphatic rings. The van der Waals surface area contributed by atoms with Crippen LogP contribution in [0.25, 0.3) is 0 Å². The first kappa shape index (κ1) is 13.2. The molecule has 1 N–H and O–H groups in total. The van der Waals surface area contributed by atoms with Gasteiger partial charge in [0.15, 0.2) is 0 Å². The summed E-state index contributed by atoms with van der Waals surface area (Å²) in [6.45, 7) is 0.579. The van der Waals surface area contributed by atoms with Crippen LogP contribution in [-0.2, 0) is 9.53 Å². The first-order valence-corrected chi connectivity index (χ1v) is 6.05. The number of nitrogens with one attached hydrogen (secondary N) is 1. The van der Waals surface area contributed by atoms with E-state index in [0.717, 1.165) is 5.69 Å². The van der Waals surface area contributed by atoms with Crippen LogP contribution in [0.15, 0.2) is 30.3 Å². The lowest BCUT2D eigenvalue weighted by Crippen LogP contribution is -2.32. The number of rotatable bonds is 3. The average Bonchev–Trinajstić information content (AvgIpc) is 2.78. The van der Waals surface area contributed by atoms with E-state index in [1.54, 1.807) is 19.1 Å². The highest BCUT2D eigenvalue weighted by Gasteiger charge is 2.31. The van der Waals surface area contributed by atoms with Crippen molar-refractivity contribution in [2.45, 2.75) is 0 Å². The maximum absolute atomic E-state index is 11.8. The number of carbonyl (C=O) groups excluding carboxylic acids is 2. The van der Waals surface area contributed by atoms with E-state index >= 15 is 0 Å². The van der Waals surface area contributed by atoms with Gasteiger partial charge in [0.2, 0.25) is 5.91 Å². The number of anilines is 1. The predicted octanol–water partition coefficient (Wildman–Crippen LogP) is 0.852. The third-order valence-electron chi connectivity index (χ3n) is 2.86. The molecule has 1 saturated heterocycles. The zero-order valence-corrected chi connectivity index (χ0v) is 11.0. The smallest absolute Gasteiger partial charge is 0.409 e. The first-order valence-electron chi connectivity index (χ1n) is 6.05. The summed E-state index contributed by atoms with van der Waals surface area (Å²) in [5.41, 5.74) is 3.68. The molecule has 1 unspecified atom stereocenters. The van der Waals surface area contributed by atoms with Crippen molar-refractivity contribution in [1.29, 1.82) is 0 Å². The lowest BCUT2D eigenvalue weighted by molar-refractivity contribution is -0.123. The van der Waals surface area contributed by atoms with Crippen LogP contribution in [-0.4, -0.2) is 44.1 Å². The zero-order chi connectivity index (χ0) is 13.8. The summed E-state index contributed by atoms with van der Waals surface area (Å²) in [7, 11) is 3.21. The number of para-hydroxylation sites is 1. The maximum Gasteiger partial charge on any atom is 0.409 e. The molecule has 1 aromatic carbocycles. The predicted molar refractivity (Wildman–Crippen MR) is 70.5 cm³/mol. The second-order valence-corrected chi connectivity index (χ2v) is 4.59. The molecule has 1 aliphatic heterocycles. The Morgan fingerprint density at radius 3 is 2.74 bits per heavy atom. The van der Waals surface area contributed by atoms with Crippen LogP contribution >= 0.6 is 0 Å². The van der Waals surface area contributed by atoms with Crippen LogP contribution in [0.1, 0.15) is 0 Å². The molecule has 0 aliphatic carbocycles. The minimum absolute atomic E-state index is 0.0895. The number of hydrazine groups is 1. The lowest BCUT2D eigenvalue weighted by atomic mass is 10.1. The van der Waals surface area contributed by atoms with Crippen LogP contribution in [0.2, 0.25) is 0 Å². The number of amides is 2. The van der Waals surface area contributed by atoms with Gasteiger partial charge in [0, 0.05) is 14.1 Å². The highest BCUT2D eigenvalue weighted by atomic mass is 16.6. The molecule has 6 heteroatoms. The van der Waals surface area contributed by atoms with Gasteiger partial charge in [0.25, 0.3) is 0 Å². The largest absolute Gasteiger partial charge is 0.449 e. The van der Waals surface area contributed by atoms with Gasteiger partial charge < -0.3 is 9.64 Å². The minimum atomic E-state index is -0.439. The van der Waals surface area contributed by atoms with Crippen molar-refractivity contribution in [3.63, 3.8) is 0 Å². The Hall–Kier alpha value is -2.24. The molecule has 0 aromatic heterocycles. The highest BCUT2D eigenvalue weighted by molar-refractivity contribution is 5.84. The topological polar surface area (TPSA) is 61.9 Å². The molecule has 102 valence electrons. The summed E-state index contributed by atoms with van der Waals surface area (Å²) in [6.07, 6.45) is -0.439. The van der Waals surface area contributed by atoms with Crippen LogP contribution < -0.4 is 10.4 Å². The quantitative estimate of drug-likeness (QED) is 0.878. The fourth-order valence-corrected chi connectivity index (χ4v) is 1.78. The van der Waals surface area contributed by atoms with Crippen molar-refractivity contribution in [1.82, 2.24) is 10.3 Å². The van der Waals surface area contributed by atoms with Crippen molar-refractivity contribution < 1.29 is 14.3 Å². The fourth-order valence-electron chi connectivity index (χ4n) is 1.78. The Bertz CT molecular complexity index is 461. The van der Waals surface area contributed by atoms with Crippen LogP contribution in [0, 0.1) is 5.92 Å². The molecular formula is C13H17N3O3. The van der Waals surface area contributed by atoms with Gasteiger partial charge in [-0.05, 0) is 12.1 Å². The van der Waals surface area contributed by atoms with Crippen molar-refractivity contribution in [3.05, 3.63) is 30.3 Å². The normalized spacial score (nSPS) is 18.1. The standard InChI is InChI=1S/C13H17N3O3/c1-15(2)13(18)19-9-10-8-16(14-12(10)17)11-6-4-3-5-7-11/h3-7,10H,8-9H2,1-2H3,(H,14,17). The molecule has 6 nitrogen and oxygen atoms in total. The number of nitrogens with zero attached hydrogens (tertiary/aromatic N) is 2. The Kier molecular flexibility index (Phi) is 3.89. The van der Waals surface area contributed by atoms with Gasteiger partial charge in [0.1, 0.15) is 6.61 Å². The van der Waals surface area contributed by atoms with Crippen molar-refractivity contribution in [2.75, 3.05) is 32.3 Å². The second kappa shape index (κ2) is 5.60. The van der Waals surface area contributed by atoms with Crippen molar-refractivity contribution in [2.24, 2.45) is 5.92 Å². The van der Waals surface area contributed by atoms with Crippen molar-refractivity contribution >= 4 is 17.7 Å². The molecule has 0 radical (unpaired) electrons. The molecule has 1 aromatic rings. The molecule has 1 fully saturated rings. The van der Waals surface area contributed by atoms with E-state index in [9.17, 15) is 9.59 Å². The van der Waals surface area contributed by atoms with E-state index in [4.69, 9.17) is 4.74 Å². The summed E-state index contributed by atoms with van der Waals surface area (Å²) in [5, 5.41) is 1.76. The Morgan fingerprint density at radius 2 is 2.11 bits per heavy atom. The molecule has 1 atom stereocenters. The lowest BCUT2D eigenvalue weighted by Gasteiger charge is -2.17. The Labute approximate surface area is 111 Å². The first-order chi connectivity index (χ1) is 9.08. The Balaban J connectivity index is 1.91. The van der Waals surface area contributed by atoms with E-state index in [2.05, 4.69) is 5.43 Å². The van der Waals surface area contributed by atoms with Crippen LogP contribution in [0.5, 0.6) is 0 Å². The van der Waals surface area contributed by atoms with Crippen LogP contribution in [0.4, 0.5) is 10.5 Å². The monoisotopic (exact) mass is 263 g/mol. The number of hydrogen-bond donors (Lipinski definition) is 1. The number of benzene rings is 1.